The maximum atomic E-state index is 10.1. The van der Waals surface area contributed by atoms with Crippen LogP contribution in [0.25, 0.3) is 0 Å². The first kappa shape index (κ1) is 11.9. The third-order valence-electron chi connectivity index (χ3n) is 1.72. The van der Waals surface area contributed by atoms with E-state index < -0.39 is 11.0 Å². The van der Waals surface area contributed by atoms with E-state index in [4.69, 9.17) is 0 Å². The molecule has 0 atom stereocenters. The molecule has 0 aliphatic heterocycles. The van der Waals surface area contributed by atoms with Gasteiger partial charge in [-0.15, -0.1) is 0 Å². The van der Waals surface area contributed by atoms with Gasteiger partial charge < -0.3 is 4.48 Å². The van der Waals surface area contributed by atoms with Crippen molar-refractivity contribution in [2.24, 2.45) is 0 Å². The van der Waals surface area contributed by atoms with Crippen molar-refractivity contribution in [2.75, 3.05) is 33.8 Å². The fourth-order valence-electron chi connectivity index (χ4n) is 1.08. The predicted molar refractivity (Wildman–Crippen MR) is 48.4 cm³/mol. The summed E-state index contributed by atoms with van der Waals surface area (Å²) in [6.45, 7) is 4.16. The average molecular weight is 196 g/mol. The average Bonchev–Trinajstić information content (AvgIpc) is 1.85. The molecule has 0 saturated carbocycles. The predicted octanol–water partition coefficient (Wildman–Crippen LogP) is 0.0158. The lowest BCUT2D eigenvalue weighted by molar-refractivity contribution is -0.890. The minimum atomic E-state index is -2.67. The van der Waals surface area contributed by atoms with Crippen LogP contribution in [0.4, 0.5) is 0 Å². The summed E-state index contributed by atoms with van der Waals surface area (Å²) in [6, 6.07) is 0. The van der Waals surface area contributed by atoms with Crippen LogP contribution in [0.5, 0.6) is 0 Å². The molecule has 0 N–H and O–H groups in total. The van der Waals surface area contributed by atoms with Crippen molar-refractivity contribution < 1.29 is 17.1 Å². The molecule has 12 heavy (non-hydrogen) atoms. The smallest absolute Gasteiger partial charge is 0.257 e. The summed E-state index contributed by atoms with van der Waals surface area (Å²) < 4.78 is 25.4. The zero-order valence-corrected chi connectivity index (χ0v) is 8.84. The molecular weight excluding hydrogens is 178 g/mol. The van der Waals surface area contributed by atoms with Gasteiger partial charge in [-0.05, 0) is 6.42 Å². The molecule has 0 rings (SSSR count). The molecule has 0 amide bonds. The highest BCUT2D eigenvalue weighted by Crippen LogP contribution is 1.98. The van der Waals surface area contributed by atoms with Crippen LogP contribution in [-0.2, 0) is 15.2 Å². The summed E-state index contributed by atoms with van der Waals surface area (Å²) in [7, 11) is 1.45. The molecule has 5 heteroatoms. The summed E-state index contributed by atoms with van der Waals surface area (Å²) in [4.78, 5) is 0. The van der Waals surface area contributed by atoms with E-state index in [1.54, 1.807) is 0 Å². The van der Waals surface area contributed by atoms with Gasteiger partial charge in [-0.3, -0.25) is 4.18 Å². The molecule has 0 spiro atoms. The van der Waals surface area contributed by atoms with Gasteiger partial charge in [0.25, 0.3) is 11.0 Å². The Balaban J connectivity index is 3.60. The van der Waals surface area contributed by atoms with E-state index >= 15 is 0 Å². The summed E-state index contributed by atoms with van der Waals surface area (Å²) in [5.74, 6) is 0. The second kappa shape index (κ2) is 5.50. The van der Waals surface area contributed by atoms with E-state index in [0.717, 1.165) is 24.0 Å². The van der Waals surface area contributed by atoms with Crippen LogP contribution in [0.2, 0.25) is 0 Å². The van der Waals surface area contributed by atoms with Gasteiger partial charge >= 0.3 is 0 Å². The van der Waals surface area contributed by atoms with Gasteiger partial charge in [0.15, 0.2) is 0 Å². The number of hydrogen-bond donors (Lipinski definition) is 1. The highest BCUT2D eigenvalue weighted by molar-refractivity contribution is 7.67. The van der Waals surface area contributed by atoms with E-state index in [-0.39, 0.29) is 6.61 Å². The van der Waals surface area contributed by atoms with Crippen LogP contribution in [0, 0.1) is 0 Å². The van der Waals surface area contributed by atoms with Crippen molar-refractivity contribution in [3.63, 3.8) is 0 Å². The molecule has 0 radical (unpaired) electrons. The minimum Gasteiger partial charge on any atom is -0.327 e. The Morgan fingerprint density at radius 2 is 1.83 bits per heavy atom. The van der Waals surface area contributed by atoms with Crippen molar-refractivity contribution in [1.29, 1.82) is 0 Å². The molecular formula is C7H18NO3S+. The molecule has 0 saturated heterocycles. The molecule has 0 aromatic rings. The lowest BCUT2D eigenvalue weighted by atomic mass is 10.4. The molecule has 74 valence electrons. The topological polar surface area (TPSA) is 43.4 Å². The molecule has 0 heterocycles. The molecule has 0 fully saturated rings. The van der Waals surface area contributed by atoms with Crippen molar-refractivity contribution in [3.8, 4) is 0 Å². The van der Waals surface area contributed by atoms with Gasteiger partial charge in [0.05, 0.1) is 20.6 Å². The van der Waals surface area contributed by atoms with Crippen LogP contribution >= 0.6 is 0 Å². The molecule has 0 aliphatic carbocycles. The van der Waals surface area contributed by atoms with Crippen LogP contribution in [0.1, 0.15) is 13.3 Å². The Morgan fingerprint density at radius 3 is 2.25 bits per heavy atom. The van der Waals surface area contributed by atoms with Crippen molar-refractivity contribution >= 4 is 11.0 Å². The monoisotopic (exact) mass is 196 g/mol. The number of nitrogens with zero attached hydrogens (tertiary/aromatic N) is 1. The Morgan fingerprint density at radius 1 is 1.25 bits per heavy atom. The molecule has 4 nitrogen and oxygen atoms in total. The number of hydrogen-bond acceptors (Lipinski definition) is 3. The van der Waals surface area contributed by atoms with Gasteiger partial charge in [-0.25, -0.2) is 8.42 Å². The van der Waals surface area contributed by atoms with E-state index in [2.05, 4.69) is 25.2 Å². The van der Waals surface area contributed by atoms with Crippen LogP contribution in [0.3, 0.4) is 0 Å². The highest BCUT2D eigenvalue weighted by Gasteiger charge is 2.12. The van der Waals surface area contributed by atoms with E-state index in [1.807, 2.05) is 0 Å². The van der Waals surface area contributed by atoms with Crippen LogP contribution < -0.4 is 0 Å². The number of rotatable bonds is 6. The normalized spacial score (nSPS) is 12.3. The summed E-state index contributed by atoms with van der Waals surface area (Å²) in [5, 5.41) is 0. The van der Waals surface area contributed by atoms with Gasteiger partial charge in [-0.2, -0.15) is 0 Å². The minimum absolute atomic E-state index is 0.283. The van der Waals surface area contributed by atoms with Gasteiger partial charge in [0, 0.05) is 0 Å². The lowest BCUT2D eigenvalue weighted by Crippen LogP contribution is -2.42. The second-order valence-corrected chi connectivity index (χ2v) is 4.15. The third-order valence-corrected chi connectivity index (χ3v) is 2.12. The molecule has 0 aromatic carbocycles. The van der Waals surface area contributed by atoms with Gasteiger partial charge in [0.2, 0.25) is 0 Å². The first-order chi connectivity index (χ1) is 5.48. The van der Waals surface area contributed by atoms with Gasteiger partial charge in [0.1, 0.15) is 13.2 Å². The molecule has 0 aliphatic rings. The highest BCUT2D eigenvalue weighted by atomic mass is 32.2. The fraction of sp³-hybridized carbons (Fsp3) is 1.00. The summed E-state index contributed by atoms with van der Waals surface area (Å²) in [6.07, 6.45) is 1.09. The van der Waals surface area contributed by atoms with E-state index in [9.17, 15) is 8.42 Å². The number of quaternary nitrogens is 1. The summed E-state index contributed by atoms with van der Waals surface area (Å²) >= 11 is 0. The Hall–Kier alpha value is -0.130. The zero-order valence-electron chi connectivity index (χ0n) is 7.95. The SMILES string of the molecule is CCC[N+](C)(C)CCO[SH](=O)=O. The Labute approximate surface area is 75.9 Å². The van der Waals surface area contributed by atoms with Crippen LogP contribution in [-0.4, -0.2) is 46.7 Å². The largest absolute Gasteiger partial charge is 0.327 e. The third kappa shape index (κ3) is 6.57. The quantitative estimate of drug-likeness (QED) is 0.481. The molecule has 0 aromatic heterocycles. The fourth-order valence-corrected chi connectivity index (χ4v) is 1.31. The van der Waals surface area contributed by atoms with Crippen molar-refractivity contribution in [1.82, 2.24) is 0 Å². The molecule has 0 unspecified atom stereocenters. The molecule has 0 bridgehead atoms. The standard InChI is InChI=1S/C7H18NO3S/c1-4-5-8(2,3)6-7-11-12(9)10/h12H,4-7H2,1-3H3/q+1. The van der Waals surface area contributed by atoms with Crippen molar-refractivity contribution in [2.45, 2.75) is 13.3 Å². The maximum Gasteiger partial charge on any atom is 0.257 e. The second-order valence-electron chi connectivity index (χ2n) is 3.44. The Bertz CT molecular complexity index is 181. The first-order valence-corrected chi connectivity index (χ1v) is 5.17. The van der Waals surface area contributed by atoms with Gasteiger partial charge in [-0.1, -0.05) is 6.92 Å². The number of thiol groups is 1. The van der Waals surface area contributed by atoms with E-state index in [1.165, 1.54) is 0 Å². The maximum absolute atomic E-state index is 10.1. The summed E-state index contributed by atoms with van der Waals surface area (Å²) in [5.41, 5.74) is 0. The van der Waals surface area contributed by atoms with Crippen LogP contribution in [0.15, 0.2) is 0 Å². The first-order valence-electron chi connectivity index (χ1n) is 4.07. The zero-order chi connectivity index (χ0) is 9.61. The van der Waals surface area contributed by atoms with E-state index in [0.29, 0.717) is 0 Å². The Kier molecular flexibility index (Phi) is 5.44. The van der Waals surface area contributed by atoms with Crippen molar-refractivity contribution in [3.05, 3.63) is 0 Å². The lowest BCUT2D eigenvalue weighted by Gasteiger charge is -2.28. The number of likely N-dealkylation sites (N-methyl/N-ethyl adjacent to an activating group) is 1.